The first-order valence-electron chi connectivity index (χ1n) is 6.60. The highest BCUT2D eigenvalue weighted by Crippen LogP contribution is 2.20. The van der Waals surface area contributed by atoms with E-state index in [-0.39, 0.29) is 25.0 Å². The summed E-state index contributed by atoms with van der Waals surface area (Å²) >= 11 is 0. The third kappa shape index (κ3) is 3.05. The van der Waals surface area contributed by atoms with E-state index in [1.165, 1.54) is 6.07 Å². The van der Waals surface area contributed by atoms with Gasteiger partial charge in [-0.2, -0.15) is 0 Å². The standard InChI is InChI=1S/C15H18N2O4/c1-16(2)10-3-4-13-12(7-10)14(19)8-11(9-15(20)21)17(13)5-6-18/h3-4,7-8,18H,5-6,9H2,1-2H3,(H,20,21). The van der Waals surface area contributed by atoms with Crippen molar-refractivity contribution in [2.24, 2.45) is 0 Å². The van der Waals surface area contributed by atoms with Gasteiger partial charge in [0, 0.05) is 43.5 Å². The Morgan fingerprint density at radius 1 is 1.29 bits per heavy atom. The summed E-state index contributed by atoms with van der Waals surface area (Å²) < 4.78 is 1.68. The van der Waals surface area contributed by atoms with Crippen LogP contribution < -0.4 is 10.3 Å². The Balaban J connectivity index is 2.73. The van der Waals surface area contributed by atoms with Gasteiger partial charge in [0.05, 0.1) is 18.5 Å². The van der Waals surface area contributed by atoms with Gasteiger partial charge in [-0.15, -0.1) is 0 Å². The normalized spacial score (nSPS) is 10.8. The Labute approximate surface area is 121 Å². The molecular formula is C15H18N2O4. The van der Waals surface area contributed by atoms with Gasteiger partial charge in [0.2, 0.25) is 0 Å². The number of hydrogen-bond acceptors (Lipinski definition) is 4. The Bertz CT molecular complexity index is 734. The molecule has 6 heteroatoms. The highest BCUT2D eigenvalue weighted by Gasteiger charge is 2.12. The predicted octanol–water partition coefficient (Wildman–Crippen LogP) is 0.687. The second kappa shape index (κ2) is 5.97. The second-order valence-corrected chi connectivity index (χ2v) is 5.04. The third-order valence-corrected chi connectivity index (χ3v) is 3.35. The minimum Gasteiger partial charge on any atom is -0.481 e. The fraction of sp³-hybridized carbons (Fsp3) is 0.333. The first-order chi connectivity index (χ1) is 9.93. The van der Waals surface area contributed by atoms with Gasteiger partial charge in [0.15, 0.2) is 5.43 Å². The van der Waals surface area contributed by atoms with Crippen LogP contribution in [0.3, 0.4) is 0 Å². The van der Waals surface area contributed by atoms with E-state index in [1.807, 2.05) is 25.1 Å². The van der Waals surface area contributed by atoms with Crippen LogP contribution in [-0.4, -0.2) is 41.5 Å². The molecule has 0 unspecified atom stereocenters. The van der Waals surface area contributed by atoms with E-state index in [4.69, 9.17) is 5.11 Å². The van der Waals surface area contributed by atoms with E-state index >= 15 is 0 Å². The number of carbonyl (C=O) groups is 1. The second-order valence-electron chi connectivity index (χ2n) is 5.04. The molecule has 0 aliphatic heterocycles. The van der Waals surface area contributed by atoms with E-state index in [0.717, 1.165) is 5.69 Å². The van der Waals surface area contributed by atoms with Gasteiger partial charge in [-0.25, -0.2) is 0 Å². The predicted molar refractivity (Wildman–Crippen MR) is 81.0 cm³/mol. The number of carboxylic acid groups (broad SMARTS) is 1. The third-order valence-electron chi connectivity index (χ3n) is 3.35. The van der Waals surface area contributed by atoms with Crippen molar-refractivity contribution in [1.29, 1.82) is 0 Å². The first-order valence-corrected chi connectivity index (χ1v) is 6.60. The Morgan fingerprint density at radius 2 is 2.00 bits per heavy atom. The number of fused-ring (bicyclic) bond motifs is 1. The number of aromatic nitrogens is 1. The molecule has 0 atom stereocenters. The molecule has 0 aliphatic carbocycles. The maximum atomic E-state index is 12.2. The summed E-state index contributed by atoms with van der Waals surface area (Å²) in [5.74, 6) is -1.01. The average molecular weight is 290 g/mol. The summed E-state index contributed by atoms with van der Waals surface area (Å²) in [6, 6.07) is 6.76. The molecule has 0 amide bonds. The quantitative estimate of drug-likeness (QED) is 0.846. The van der Waals surface area contributed by atoms with Crippen molar-refractivity contribution in [2.45, 2.75) is 13.0 Å². The number of pyridine rings is 1. The number of anilines is 1. The van der Waals surface area contributed by atoms with E-state index in [1.54, 1.807) is 16.7 Å². The van der Waals surface area contributed by atoms with Gasteiger partial charge in [-0.05, 0) is 18.2 Å². The first kappa shape index (κ1) is 15.1. The summed E-state index contributed by atoms with van der Waals surface area (Å²) in [6.45, 7) is 0.126. The van der Waals surface area contributed by atoms with Crippen molar-refractivity contribution >= 4 is 22.6 Å². The highest BCUT2D eigenvalue weighted by molar-refractivity contribution is 5.84. The van der Waals surface area contributed by atoms with Crippen LogP contribution in [0.4, 0.5) is 5.69 Å². The van der Waals surface area contributed by atoms with Crippen molar-refractivity contribution in [3.63, 3.8) is 0 Å². The molecule has 1 heterocycles. The van der Waals surface area contributed by atoms with Crippen molar-refractivity contribution in [1.82, 2.24) is 4.57 Å². The number of benzene rings is 1. The average Bonchev–Trinajstić information content (AvgIpc) is 2.42. The number of aliphatic hydroxyl groups excluding tert-OH is 1. The van der Waals surface area contributed by atoms with E-state index in [0.29, 0.717) is 16.6 Å². The molecule has 112 valence electrons. The zero-order valence-corrected chi connectivity index (χ0v) is 12.0. The number of rotatable bonds is 5. The van der Waals surface area contributed by atoms with Crippen LogP contribution in [0.1, 0.15) is 5.69 Å². The lowest BCUT2D eigenvalue weighted by Gasteiger charge is -2.17. The smallest absolute Gasteiger partial charge is 0.309 e. The number of hydrogen-bond donors (Lipinski definition) is 2. The molecule has 0 saturated carbocycles. The lowest BCUT2D eigenvalue weighted by Crippen LogP contribution is -2.19. The molecule has 1 aromatic carbocycles. The van der Waals surface area contributed by atoms with Gasteiger partial charge in [-0.3, -0.25) is 9.59 Å². The molecule has 6 nitrogen and oxygen atoms in total. The van der Waals surface area contributed by atoms with Crippen LogP contribution in [0, 0.1) is 0 Å². The largest absolute Gasteiger partial charge is 0.481 e. The lowest BCUT2D eigenvalue weighted by molar-refractivity contribution is -0.136. The Hall–Kier alpha value is -2.34. The van der Waals surface area contributed by atoms with Crippen molar-refractivity contribution in [2.75, 3.05) is 25.6 Å². The number of carboxylic acids is 1. The minimum atomic E-state index is -1.01. The van der Waals surface area contributed by atoms with Crippen molar-refractivity contribution in [3.8, 4) is 0 Å². The number of aliphatic carboxylic acids is 1. The van der Waals surface area contributed by atoms with E-state index in [9.17, 15) is 14.7 Å². The van der Waals surface area contributed by atoms with Crippen LogP contribution >= 0.6 is 0 Å². The number of nitrogens with zero attached hydrogens (tertiary/aromatic N) is 2. The summed E-state index contributed by atoms with van der Waals surface area (Å²) in [5.41, 5.74) is 1.71. The maximum absolute atomic E-state index is 12.2. The van der Waals surface area contributed by atoms with Gasteiger partial charge in [-0.1, -0.05) is 0 Å². The van der Waals surface area contributed by atoms with Crippen LogP contribution in [-0.2, 0) is 17.8 Å². The van der Waals surface area contributed by atoms with Crippen molar-refractivity contribution in [3.05, 3.63) is 40.2 Å². The zero-order valence-electron chi connectivity index (χ0n) is 12.0. The van der Waals surface area contributed by atoms with Crippen molar-refractivity contribution < 1.29 is 15.0 Å². The van der Waals surface area contributed by atoms with Crippen LogP contribution in [0.5, 0.6) is 0 Å². The molecule has 0 bridgehead atoms. The summed E-state index contributed by atoms with van der Waals surface area (Å²) in [5, 5.41) is 18.7. The molecule has 21 heavy (non-hydrogen) atoms. The lowest BCUT2D eigenvalue weighted by atomic mass is 10.1. The molecule has 0 saturated heterocycles. The van der Waals surface area contributed by atoms with Gasteiger partial charge in [0.25, 0.3) is 0 Å². The molecule has 2 N–H and O–H groups in total. The molecule has 2 rings (SSSR count). The molecular weight excluding hydrogens is 272 g/mol. The minimum absolute atomic E-state index is 0.125. The fourth-order valence-corrected chi connectivity index (χ4v) is 2.36. The van der Waals surface area contributed by atoms with Gasteiger partial charge in [0.1, 0.15) is 0 Å². The molecule has 2 aromatic rings. The van der Waals surface area contributed by atoms with Crippen LogP contribution in [0.15, 0.2) is 29.1 Å². The molecule has 1 aromatic heterocycles. The van der Waals surface area contributed by atoms with E-state index < -0.39 is 5.97 Å². The monoisotopic (exact) mass is 290 g/mol. The SMILES string of the molecule is CN(C)c1ccc2c(c1)c(=O)cc(CC(=O)O)n2CCO. The summed E-state index contributed by atoms with van der Waals surface area (Å²) in [6.07, 6.45) is -0.249. The van der Waals surface area contributed by atoms with Crippen LogP contribution in [0.25, 0.3) is 10.9 Å². The maximum Gasteiger partial charge on any atom is 0.309 e. The topological polar surface area (TPSA) is 82.8 Å². The zero-order chi connectivity index (χ0) is 15.6. The van der Waals surface area contributed by atoms with E-state index in [2.05, 4.69) is 0 Å². The Morgan fingerprint density at radius 3 is 2.57 bits per heavy atom. The molecule has 0 aliphatic rings. The Kier molecular flexibility index (Phi) is 4.28. The van der Waals surface area contributed by atoms with Gasteiger partial charge < -0.3 is 19.7 Å². The van der Waals surface area contributed by atoms with Gasteiger partial charge >= 0.3 is 5.97 Å². The highest BCUT2D eigenvalue weighted by atomic mass is 16.4. The molecule has 0 spiro atoms. The molecule has 0 radical (unpaired) electrons. The van der Waals surface area contributed by atoms with Crippen LogP contribution in [0.2, 0.25) is 0 Å². The molecule has 0 fully saturated rings. The fourth-order valence-electron chi connectivity index (χ4n) is 2.36. The summed E-state index contributed by atoms with van der Waals surface area (Å²) in [4.78, 5) is 25.0. The number of aliphatic hydroxyl groups is 1. The summed E-state index contributed by atoms with van der Waals surface area (Å²) in [7, 11) is 3.76.